The number of nitrogens with one attached hydrogen (secondary N) is 1. The van der Waals surface area contributed by atoms with E-state index >= 15 is 0 Å². The zero-order chi connectivity index (χ0) is 15.8. The van der Waals surface area contributed by atoms with Crippen LogP contribution in [0.2, 0.25) is 0 Å². The van der Waals surface area contributed by atoms with Crippen molar-refractivity contribution in [1.29, 1.82) is 0 Å². The van der Waals surface area contributed by atoms with Crippen LogP contribution in [0, 0.1) is 0 Å². The van der Waals surface area contributed by atoms with Crippen LogP contribution in [-0.2, 0) is 6.54 Å². The fourth-order valence-corrected chi connectivity index (χ4v) is 2.71. The Balaban J connectivity index is 1.88. The maximum Gasteiger partial charge on any atom is 0.252 e. The third-order valence-electron chi connectivity index (χ3n) is 4.14. The van der Waals surface area contributed by atoms with E-state index in [-0.39, 0.29) is 5.91 Å². The first-order valence-corrected chi connectivity index (χ1v) is 7.99. The van der Waals surface area contributed by atoms with Crippen molar-refractivity contribution < 1.29 is 4.79 Å². The van der Waals surface area contributed by atoms with Gasteiger partial charge >= 0.3 is 0 Å². The van der Waals surface area contributed by atoms with E-state index < -0.39 is 0 Å². The zero-order valence-electron chi connectivity index (χ0n) is 13.0. The maximum absolute atomic E-state index is 12.6. The van der Waals surface area contributed by atoms with Crippen LogP contribution in [0.5, 0.6) is 0 Å². The van der Waals surface area contributed by atoms with Gasteiger partial charge in [0.1, 0.15) is 0 Å². The molecule has 0 spiro atoms. The van der Waals surface area contributed by atoms with E-state index in [1.165, 1.54) is 0 Å². The molecule has 1 amide bonds. The van der Waals surface area contributed by atoms with E-state index in [9.17, 15) is 4.79 Å². The van der Waals surface area contributed by atoms with Crippen molar-refractivity contribution in [3.8, 4) is 11.3 Å². The van der Waals surface area contributed by atoms with E-state index in [1.54, 1.807) is 6.20 Å². The highest BCUT2D eigenvalue weighted by atomic mass is 16.1. The number of fused-ring (bicyclic) bond motifs is 1. The van der Waals surface area contributed by atoms with E-state index in [4.69, 9.17) is 4.98 Å². The maximum atomic E-state index is 12.6. The van der Waals surface area contributed by atoms with Gasteiger partial charge in [-0.1, -0.05) is 30.3 Å². The van der Waals surface area contributed by atoms with E-state index in [1.807, 2.05) is 48.0 Å². The molecule has 5 nitrogen and oxygen atoms in total. The first-order chi connectivity index (χ1) is 11.3. The lowest BCUT2D eigenvalue weighted by atomic mass is 10.1. The van der Waals surface area contributed by atoms with Gasteiger partial charge in [-0.3, -0.25) is 4.79 Å². The van der Waals surface area contributed by atoms with Gasteiger partial charge in [0, 0.05) is 18.2 Å². The van der Waals surface area contributed by atoms with Crippen LogP contribution < -0.4 is 5.32 Å². The lowest BCUT2D eigenvalue weighted by Crippen LogP contribution is -2.25. The molecular weight excluding hydrogens is 288 g/mol. The Kier molecular flexibility index (Phi) is 3.33. The Labute approximate surface area is 134 Å². The minimum atomic E-state index is -0.0345. The molecule has 1 N–H and O–H groups in total. The predicted molar refractivity (Wildman–Crippen MR) is 89.1 cm³/mol. The number of carbonyl (C=O) groups is 1. The Morgan fingerprint density at radius 2 is 2.09 bits per heavy atom. The lowest BCUT2D eigenvalue weighted by Gasteiger charge is -2.09. The van der Waals surface area contributed by atoms with Crippen molar-refractivity contribution in [2.75, 3.05) is 0 Å². The second-order valence-corrected chi connectivity index (χ2v) is 5.87. The van der Waals surface area contributed by atoms with Crippen LogP contribution >= 0.6 is 0 Å². The van der Waals surface area contributed by atoms with Gasteiger partial charge in [0.2, 0.25) is 0 Å². The van der Waals surface area contributed by atoms with Crippen LogP contribution in [-0.4, -0.2) is 26.7 Å². The van der Waals surface area contributed by atoms with Crippen molar-refractivity contribution >= 4 is 16.9 Å². The summed E-state index contributed by atoms with van der Waals surface area (Å²) in [6, 6.07) is 12.1. The van der Waals surface area contributed by atoms with E-state index in [0.29, 0.717) is 11.6 Å². The molecule has 0 aliphatic heterocycles. The number of nitrogens with zero attached hydrogens (tertiary/aromatic N) is 3. The summed E-state index contributed by atoms with van der Waals surface area (Å²) in [4.78, 5) is 17.3. The highest BCUT2D eigenvalue weighted by molar-refractivity contribution is 6.06. The van der Waals surface area contributed by atoms with Gasteiger partial charge in [0.05, 0.1) is 22.8 Å². The Morgan fingerprint density at radius 1 is 1.30 bits per heavy atom. The highest BCUT2D eigenvalue weighted by Crippen LogP contribution is 2.26. The molecule has 116 valence electrons. The molecule has 1 aliphatic carbocycles. The van der Waals surface area contributed by atoms with Crippen molar-refractivity contribution in [1.82, 2.24) is 20.1 Å². The summed E-state index contributed by atoms with van der Waals surface area (Å²) in [6.07, 6.45) is 3.88. The van der Waals surface area contributed by atoms with Crippen LogP contribution in [0.4, 0.5) is 0 Å². The molecule has 3 aromatic rings. The number of aromatic nitrogens is 3. The summed E-state index contributed by atoms with van der Waals surface area (Å²) in [5, 5.41) is 8.23. The largest absolute Gasteiger partial charge is 0.349 e. The minimum Gasteiger partial charge on any atom is -0.349 e. The van der Waals surface area contributed by atoms with Crippen molar-refractivity contribution in [3.05, 3.63) is 48.2 Å². The number of hydrogen-bond acceptors (Lipinski definition) is 3. The van der Waals surface area contributed by atoms with Crippen LogP contribution in [0.3, 0.4) is 0 Å². The molecule has 4 rings (SSSR count). The molecule has 1 aromatic carbocycles. The van der Waals surface area contributed by atoms with Crippen LogP contribution in [0.25, 0.3) is 22.3 Å². The smallest absolute Gasteiger partial charge is 0.252 e. The third-order valence-corrected chi connectivity index (χ3v) is 4.14. The molecule has 0 radical (unpaired) electrons. The average molecular weight is 306 g/mol. The van der Waals surface area contributed by atoms with Crippen LogP contribution in [0.15, 0.2) is 42.6 Å². The summed E-state index contributed by atoms with van der Waals surface area (Å²) in [5.74, 6) is -0.0345. The number of pyridine rings is 1. The number of benzene rings is 1. The Hall–Kier alpha value is -2.69. The molecule has 1 saturated carbocycles. The van der Waals surface area contributed by atoms with E-state index in [2.05, 4.69) is 10.4 Å². The molecule has 5 heteroatoms. The number of rotatable bonds is 4. The highest BCUT2D eigenvalue weighted by Gasteiger charge is 2.25. The van der Waals surface area contributed by atoms with Gasteiger partial charge in [-0.2, -0.15) is 5.10 Å². The SMILES string of the molecule is CCn1ncc2c(C(=O)NC3CC3)cc(-c3ccccc3)nc21. The summed E-state index contributed by atoms with van der Waals surface area (Å²) in [5.41, 5.74) is 3.21. The number of carbonyl (C=O) groups excluding carboxylic acids is 1. The van der Waals surface area contributed by atoms with Gasteiger partial charge in [-0.15, -0.1) is 0 Å². The van der Waals surface area contributed by atoms with Gasteiger partial charge < -0.3 is 5.32 Å². The fourth-order valence-electron chi connectivity index (χ4n) is 2.71. The molecule has 0 saturated heterocycles. The summed E-state index contributed by atoms with van der Waals surface area (Å²) >= 11 is 0. The second kappa shape index (κ2) is 5.50. The van der Waals surface area contributed by atoms with E-state index in [0.717, 1.165) is 41.7 Å². The molecule has 1 aliphatic rings. The lowest BCUT2D eigenvalue weighted by molar-refractivity contribution is 0.0952. The molecular formula is C18H18N4O. The van der Waals surface area contributed by atoms with Crippen molar-refractivity contribution in [2.45, 2.75) is 32.4 Å². The first-order valence-electron chi connectivity index (χ1n) is 7.99. The monoisotopic (exact) mass is 306 g/mol. The molecule has 2 heterocycles. The Bertz CT molecular complexity index is 865. The second-order valence-electron chi connectivity index (χ2n) is 5.87. The van der Waals surface area contributed by atoms with Gasteiger partial charge in [-0.25, -0.2) is 9.67 Å². The summed E-state index contributed by atoms with van der Waals surface area (Å²) < 4.78 is 1.83. The standard InChI is InChI=1S/C18H18N4O/c1-2-22-17-15(11-19-22)14(18(23)20-13-8-9-13)10-16(21-17)12-6-4-3-5-7-12/h3-7,10-11,13H,2,8-9H2,1H3,(H,20,23). The van der Waals surface area contributed by atoms with Gasteiger partial charge in [0.25, 0.3) is 5.91 Å². The average Bonchev–Trinajstić information content (AvgIpc) is 3.31. The van der Waals surface area contributed by atoms with Crippen LogP contribution in [0.1, 0.15) is 30.1 Å². The molecule has 0 bridgehead atoms. The zero-order valence-corrected chi connectivity index (χ0v) is 13.0. The molecule has 23 heavy (non-hydrogen) atoms. The van der Waals surface area contributed by atoms with Gasteiger partial charge in [-0.05, 0) is 25.8 Å². The Morgan fingerprint density at radius 3 is 2.78 bits per heavy atom. The minimum absolute atomic E-state index is 0.0345. The molecule has 2 aromatic heterocycles. The summed E-state index contributed by atoms with van der Waals surface area (Å²) in [6.45, 7) is 2.74. The molecule has 0 unspecified atom stereocenters. The number of amides is 1. The van der Waals surface area contributed by atoms with Gasteiger partial charge in [0.15, 0.2) is 5.65 Å². The number of aryl methyl sites for hydroxylation is 1. The quantitative estimate of drug-likeness (QED) is 0.806. The normalized spacial score (nSPS) is 14.1. The fraction of sp³-hybridized carbons (Fsp3) is 0.278. The number of hydrogen-bond donors (Lipinski definition) is 1. The molecule has 0 atom stereocenters. The van der Waals surface area contributed by atoms with Crippen molar-refractivity contribution in [2.24, 2.45) is 0 Å². The molecule has 1 fully saturated rings. The first kappa shape index (κ1) is 13.9. The third kappa shape index (κ3) is 2.59. The topological polar surface area (TPSA) is 59.8 Å². The van der Waals surface area contributed by atoms with Crippen molar-refractivity contribution in [3.63, 3.8) is 0 Å². The summed E-state index contributed by atoms with van der Waals surface area (Å²) in [7, 11) is 0. The predicted octanol–water partition coefficient (Wildman–Crippen LogP) is 3.01.